The van der Waals surface area contributed by atoms with Crippen LogP contribution in [0.1, 0.15) is 20.9 Å². The Morgan fingerprint density at radius 2 is 1.03 bits per heavy atom. The summed E-state index contributed by atoms with van der Waals surface area (Å²) >= 11 is 3.55. The third-order valence-corrected chi connectivity index (χ3v) is 7.75. The lowest BCUT2D eigenvalue weighted by molar-refractivity contribution is 0.173. The topological polar surface area (TPSA) is 24.9 Å². The highest BCUT2D eigenvalue weighted by Gasteiger charge is 2.18. The lowest BCUT2D eigenvalue weighted by Gasteiger charge is -2.28. The second-order valence-corrected chi connectivity index (χ2v) is 10.5. The molecule has 0 saturated heterocycles. The molecule has 0 atom stereocenters. The summed E-state index contributed by atoms with van der Waals surface area (Å²) in [4.78, 5) is 7.64. The smallest absolute Gasteiger partial charge is 0.134 e. The number of ether oxygens (including phenoxy) is 2. The molecule has 0 bridgehead atoms. The van der Waals surface area contributed by atoms with E-state index in [0.29, 0.717) is 13.2 Å². The summed E-state index contributed by atoms with van der Waals surface area (Å²) in [6.45, 7) is 6.64. The fraction of sp³-hybridized carbons (Fsp3) is 0.286. The molecular weight excluding hydrogens is 460 g/mol. The van der Waals surface area contributed by atoms with Gasteiger partial charge in [0.2, 0.25) is 0 Å². The number of benzene rings is 2. The van der Waals surface area contributed by atoms with Crippen molar-refractivity contribution in [3.8, 4) is 11.5 Å². The van der Waals surface area contributed by atoms with E-state index < -0.39 is 0 Å². The van der Waals surface area contributed by atoms with Crippen LogP contribution < -0.4 is 9.47 Å². The lowest BCUT2D eigenvalue weighted by atomic mass is 10.2. The number of hydrogen-bond acceptors (Lipinski definition) is 6. The molecule has 1 aliphatic heterocycles. The predicted molar refractivity (Wildman–Crippen MR) is 141 cm³/mol. The van der Waals surface area contributed by atoms with E-state index in [1.807, 2.05) is 0 Å². The van der Waals surface area contributed by atoms with Crippen molar-refractivity contribution in [1.82, 2.24) is 9.80 Å². The standard InChI is InChI=1S/C28H30N2O2S2/c1-3-7-23(8-4-1)19-29-13-14-30(20-24-9-5-2-6-10-24)22-28-26(12-18-34-28)32-16-15-31-25-11-17-33-27(25)21-29/h1-12,17-18H,13-16,19-22H2. The van der Waals surface area contributed by atoms with Crippen molar-refractivity contribution in [2.75, 3.05) is 26.3 Å². The molecule has 0 radical (unpaired) electrons. The summed E-state index contributed by atoms with van der Waals surface area (Å²) in [7, 11) is 0. The maximum absolute atomic E-state index is 6.11. The van der Waals surface area contributed by atoms with E-state index in [0.717, 1.165) is 50.8 Å². The van der Waals surface area contributed by atoms with E-state index in [1.54, 1.807) is 22.7 Å². The van der Waals surface area contributed by atoms with Gasteiger partial charge in [-0.05, 0) is 34.0 Å². The minimum absolute atomic E-state index is 0.547. The summed E-state index contributed by atoms with van der Waals surface area (Å²) in [5.74, 6) is 1.96. The Kier molecular flexibility index (Phi) is 7.93. The fourth-order valence-corrected chi connectivity index (χ4v) is 5.96. The Morgan fingerprint density at radius 3 is 1.47 bits per heavy atom. The normalized spacial score (nSPS) is 16.0. The molecule has 2 aromatic carbocycles. The van der Waals surface area contributed by atoms with Crippen LogP contribution in [0.2, 0.25) is 0 Å². The van der Waals surface area contributed by atoms with Crippen LogP contribution in [-0.2, 0) is 26.2 Å². The first-order valence-electron chi connectivity index (χ1n) is 11.7. The van der Waals surface area contributed by atoms with Gasteiger partial charge in [0.1, 0.15) is 24.7 Å². The molecule has 3 heterocycles. The van der Waals surface area contributed by atoms with Crippen molar-refractivity contribution >= 4 is 22.7 Å². The first kappa shape index (κ1) is 23.1. The highest BCUT2D eigenvalue weighted by molar-refractivity contribution is 7.10. The third-order valence-electron chi connectivity index (χ3n) is 5.97. The summed E-state index contributed by atoms with van der Waals surface area (Å²) < 4.78 is 12.2. The van der Waals surface area contributed by atoms with E-state index in [-0.39, 0.29) is 0 Å². The summed E-state index contributed by atoms with van der Waals surface area (Å²) in [6, 6.07) is 25.7. The Labute approximate surface area is 210 Å². The molecule has 6 heteroatoms. The van der Waals surface area contributed by atoms with E-state index in [4.69, 9.17) is 9.47 Å². The van der Waals surface area contributed by atoms with Gasteiger partial charge in [0.25, 0.3) is 0 Å². The van der Waals surface area contributed by atoms with Crippen molar-refractivity contribution in [1.29, 1.82) is 0 Å². The van der Waals surface area contributed by atoms with Crippen LogP contribution in [0, 0.1) is 0 Å². The predicted octanol–water partition coefficient (Wildman–Crippen LogP) is 6.29. The van der Waals surface area contributed by atoms with Gasteiger partial charge in [-0.1, -0.05) is 60.7 Å². The highest BCUT2D eigenvalue weighted by Crippen LogP contribution is 2.29. The second kappa shape index (κ2) is 11.7. The molecule has 2 aromatic heterocycles. The first-order chi connectivity index (χ1) is 16.8. The molecule has 4 nitrogen and oxygen atoms in total. The molecule has 1 aliphatic rings. The minimum atomic E-state index is 0.547. The maximum Gasteiger partial charge on any atom is 0.134 e. The van der Waals surface area contributed by atoms with Gasteiger partial charge in [0.15, 0.2) is 0 Å². The minimum Gasteiger partial charge on any atom is -0.489 e. The molecule has 0 saturated carbocycles. The van der Waals surface area contributed by atoms with Gasteiger partial charge in [0.05, 0.1) is 9.75 Å². The van der Waals surface area contributed by atoms with Crippen LogP contribution >= 0.6 is 22.7 Å². The molecule has 176 valence electrons. The number of fused-ring (bicyclic) bond motifs is 2. The molecule has 0 fully saturated rings. The van der Waals surface area contributed by atoms with Gasteiger partial charge in [-0.15, -0.1) is 22.7 Å². The Balaban J connectivity index is 1.40. The van der Waals surface area contributed by atoms with Crippen LogP contribution in [0.15, 0.2) is 83.6 Å². The van der Waals surface area contributed by atoms with Gasteiger partial charge in [-0.25, -0.2) is 0 Å². The largest absolute Gasteiger partial charge is 0.489 e. The van der Waals surface area contributed by atoms with Crippen LogP contribution in [0.3, 0.4) is 0 Å². The van der Waals surface area contributed by atoms with Crippen molar-refractivity contribution < 1.29 is 9.47 Å². The molecule has 34 heavy (non-hydrogen) atoms. The second-order valence-electron chi connectivity index (χ2n) is 8.51. The summed E-state index contributed by atoms with van der Waals surface area (Å²) in [6.07, 6.45) is 0. The van der Waals surface area contributed by atoms with E-state index in [1.165, 1.54) is 20.9 Å². The molecular formula is C28H30N2O2S2. The van der Waals surface area contributed by atoms with E-state index in [9.17, 15) is 0 Å². The van der Waals surface area contributed by atoms with Gasteiger partial charge in [0, 0.05) is 39.3 Å². The van der Waals surface area contributed by atoms with Crippen LogP contribution in [-0.4, -0.2) is 36.1 Å². The van der Waals surface area contributed by atoms with Gasteiger partial charge in [-0.3, -0.25) is 9.80 Å². The molecule has 0 N–H and O–H groups in total. The summed E-state index contributed by atoms with van der Waals surface area (Å²) in [5.41, 5.74) is 2.68. The van der Waals surface area contributed by atoms with Crippen molar-refractivity contribution in [2.24, 2.45) is 0 Å². The Bertz CT molecular complexity index is 1050. The third kappa shape index (κ3) is 6.27. The maximum atomic E-state index is 6.11. The zero-order valence-corrected chi connectivity index (χ0v) is 20.9. The average Bonchev–Trinajstić information content (AvgIpc) is 3.50. The van der Waals surface area contributed by atoms with Gasteiger partial charge < -0.3 is 9.47 Å². The SMILES string of the molecule is c1ccc(CN2CCN(Cc3ccccc3)Cc3sccc3OCCOc3ccsc3C2)cc1. The lowest BCUT2D eigenvalue weighted by Crippen LogP contribution is -2.34. The van der Waals surface area contributed by atoms with Crippen molar-refractivity contribution in [3.05, 3.63) is 104 Å². The highest BCUT2D eigenvalue weighted by atomic mass is 32.1. The first-order valence-corrected chi connectivity index (χ1v) is 13.5. The molecule has 0 amide bonds. The van der Waals surface area contributed by atoms with Crippen LogP contribution in [0.5, 0.6) is 11.5 Å². The molecule has 4 aromatic rings. The molecule has 0 aliphatic carbocycles. The van der Waals surface area contributed by atoms with Crippen molar-refractivity contribution in [3.63, 3.8) is 0 Å². The van der Waals surface area contributed by atoms with E-state index in [2.05, 4.69) is 93.4 Å². The van der Waals surface area contributed by atoms with Crippen LogP contribution in [0.25, 0.3) is 0 Å². The fourth-order valence-electron chi connectivity index (χ4n) is 4.25. The molecule has 0 unspecified atom stereocenters. The quantitative estimate of drug-likeness (QED) is 0.336. The Hall–Kier alpha value is -2.64. The zero-order chi connectivity index (χ0) is 23.0. The summed E-state index contributed by atoms with van der Waals surface area (Å²) in [5, 5.41) is 4.26. The number of hydrogen-bond donors (Lipinski definition) is 0. The number of rotatable bonds is 4. The van der Waals surface area contributed by atoms with E-state index >= 15 is 0 Å². The molecule has 0 spiro atoms. The number of nitrogens with zero attached hydrogens (tertiary/aromatic N) is 2. The Morgan fingerprint density at radius 1 is 0.588 bits per heavy atom. The number of thiophene rings is 2. The molecule has 5 rings (SSSR count). The van der Waals surface area contributed by atoms with Gasteiger partial charge >= 0.3 is 0 Å². The van der Waals surface area contributed by atoms with Crippen molar-refractivity contribution in [2.45, 2.75) is 26.2 Å². The zero-order valence-electron chi connectivity index (χ0n) is 19.3. The van der Waals surface area contributed by atoms with Crippen LogP contribution in [0.4, 0.5) is 0 Å². The monoisotopic (exact) mass is 490 g/mol. The van der Waals surface area contributed by atoms with Gasteiger partial charge in [-0.2, -0.15) is 0 Å². The average molecular weight is 491 g/mol.